The molecule has 1 fully saturated rings. The molecule has 0 unspecified atom stereocenters. The molecule has 0 atom stereocenters. The van der Waals surface area contributed by atoms with Crippen LogP contribution in [0, 0.1) is 0 Å². The lowest BCUT2D eigenvalue weighted by molar-refractivity contribution is -0.0438. The number of nitrogens with zero attached hydrogens (tertiary/aromatic N) is 4. The molecule has 2 aromatic heterocycles. The van der Waals surface area contributed by atoms with Gasteiger partial charge in [-0.05, 0) is 30.3 Å². The molecule has 0 radical (unpaired) electrons. The smallest absolute Gasteiger partial charge is 0.448 e. The van der Waals surface area contributed by atoms with E-state index < -0.39 is 28.2 Å². The van der Waals surface area contributed by atoms with Crippen LogP contribution in [0.3, 0.4) is 0 Å². The molecular formula is C24H24ClF3N4O4S2. The van der Waals surface area contributed by atoms with Crippen LogP contribution in [-0.2, 0) is 20.2 Å². The second-order valence-electron chi connectivity index (χ2n) is 9.51. The molecule has 38 heavy (non-hydrogen) atoms. The third-order valence-electron chi connectivity index (χ3n) is 5.80. The van der Waals surface area contributed by atoms with Gasteiger partial charge in [0.15, 0.2) is 0 Å². The largest absolute Gasteiger partial charge is 0.516 e. The number of rotatable bonds is 7. The number of amides is 1. The van der Waals surface area contributed by atoms with Crippen LogP contribution < -0.4 is 4.31 Å². The minimum atomic E-state index is -5.77. The molecule has 1 aliphatic rings. The molecular weight excluding hydrogens is 565 g/mol. The number of aromatic nitrogens is 2. The Kier molecular flexibility index (Phi) is 7.65. The van der Waals surface area contributed by atoms with Gasteiger partial charge in [0, 0.05) is 40.4 Å². The van der Waals surface area contributed by atoms with Gasteiger partial charge in [0.25, 0.3) is 0 Å². The number of carbonyl (C=O) groups is 1. The number of alkyl halides is 3. The monoisotopic (exact) mass is 588 g/mol. The number of benzene rings is 1. The zero-order valence-corrected chi connectivity index (χ0v) is 23.0. The Hall–Kier alpha value is -2.90. The van der Waals surface area contributed by atoms with E-state index in [4.69, 9.17) is 16.3 Å². The van der Waals surface area contributed by atoms with Crippen LogP contribution in [0.4, 0.5) is 23.7 Å². The lowest BCUT2D eigenvalue weighted by Gasteiger charge is -2.27. The fourth-order valence-electron chi connectivity index (χ4n) is 3.72. The summed E-state index contributed by atoms with van der Waals surface area (Å²) >= 11 is 7.79. The van der Waals surface area contributed by atoms with E-state index in [9.17, 15) is 26.4 Å². The van der Waals surface area contributed by atoms with Crippen LogP contribution in [0.15, 0.2) is 41.9 Å². The molecule has 0 bridgehead atoms. The molecule has 1 saturated heterocycles. The van der Waals surface area contributed by atoms with Gasteiger partial charge in [0.1, 0.15) is 11.6 Å². The quantitative estimate of drug-likeness (QED) is 0.340. The Balaban J connectivity index is 1.64. The number of thiazole rings is 1. The highest BCUT2D eigenvalue weighted by Gasteiger charge is 2.50. The minimum Gasteiger partial charge on any atom is -0.448 e. The van der Waals surface area contributed by atoms with E-state index in [1.165, 1.54) is 23.5 Å². The first kappa shape index (κ1) is 28.1. The number of hydrogen-bond donors (Lipinski definition) is 0. The Morgan fingerprint density at radius 2 is 1.92 bits per heavy atom. The van der Waals surface area contributed by atoms with Crippen molar-refractivity contribution in [2.24, 2.45) is 0 Å². The normalized spacial score (nSPS) is 14.6. The second kappa shape index (κ2) is 10.3. The number of ether oxygens (including phenoxy) is 1. The van der Waals surface area contributed by atoms with Gasteiger partial charge < -0.3 is 9.64 Å². The third kappa shape index (κ3) is 5.74. The fourth-order valence-corrected chi connectivity index (χ4v) is 5.78. The van der Waals surface area contributed by atoms with E-state index in [2.05, 4.69) is 9.97 Å². The Labute approximate surface area is 227 Å². The van der Waals surface area contributed by atoms with Crippen molar-refractivity contribution in [1.82, 2.24) is 14.9 Å². The van der Waals surface area contributed by atoms with Crippen molar-refractivity contribution < 1.29 is 31.1 Å². The molecule has 0 spiro atoms. The summed E-state index contributed by atoms with van der Waals surface area (Å²) in [6, 6.07) is 7.58. The summed E-state index contributed by atoms with van der Waals surface area (Å²) in [6.07, 6.45) is 0.988. The van der Waals surface area contributed by atoms with E-state index in [0.29, 0.717) is 16.3 Å². The molecule has 1 aromatic carbocycles. The highest BCUT2D eigenvalue weighted by Crippen LogP contribution is 2.37. The van der Waals surface area contributed by atoms with Crippen LogP contribution in [0.1, 0.15) is 26.5 Å². The number of sulfonamides is 1. The first-order valence-electron chi connectivity index (χ1n) is 11.4. The maximum atomic E-state index is 13.5. The van der Waals surface area contributed by atoms with Crippen LogP contribution in [0.2, 0.25) is 5.02 Å². The van der Waals surface area contributed by atoms with Crippen LogP contribution in [-0.4, -0.2) is 61.1 Å². The van der Waals surface area contributed by atoms with Crippen molar-refractivity contribution in [3.8, 4) is 21.8 Å². The average molecular weight is 589 g/mol. The maximum Gasteiger partial charge on any atom is 0.516 e. The highest BCUT2D eigenvalue weighted by atomic mass is 35.5. The van der Waals surface area contributed by atoms with Gasteiger partial charge in [0.05, 0.1) is 29.5 Å². The van der Waals surface area contributed by atoms with E-state index in [1.807, 2.05) is 32.9 Å². The summed E-state index contributed by atoms with van der Waals surface area (Å²) in [4.78, 5) is 21.9. The average Bonchev–Trinajstić information content (AvgIpc) is 3.47. The molecule has 1 amide bonds. The topological polar surface area (TPSA) is 92.7 Å². The predicted molar refractivity (Wildman–Crippen MR) is 140 cm³/mol. The summed E-state index contributed by atoms with van der Waals surface area (Å²) in [5.74, 6) is 0. The van der Waals surface area contributed by atoms with E-state index >= 15 is 0 Å². The SMILES string of the molecule is CC(C)(C)c1cc(-c2nc(-c3ccc(N(CCN4CCOC4=O)S(=O)(=O)C(F)(F)F)cc3Cl)cs2)ccn1. The summed E-state index contributed by atoms with van der Waals surface area (Å²) in [6.45, 7) is 5.46. The molecule has 3 heterocycles. The molecule has 0 N–H and O–H groups in total. The van der Waals surface area contributed by atoms with E-state index in [0.717, 1.165) is 22.2 Å². The van der Waals surface area contributed by atoms with Gasteiger partial charge in [-0.1, -0.05) is 32.4 Å². The van der Waals surface area contributed by atoms with Crippen molar-refractivity contribution >= 4 is 44.7 Å². The van der Waals surface area contributed by atoms with E-state index in [1.54, 1.807) is 11.6 Å². The molecule has 3 aromatic rings. The molecule has 8 nitrogen and oxygen atoms in total. The number of halogens is 4. The van der Waals surface area contributed by atoms with Crippen molar-refractivity contribution in [3.63, 3.8) is 0 Å². The molecule has 0 aliphatic carbocycles. The first-order valence-corrected chi connectivity index (χ1v) is 14.1. The maximum absolute atomic E-state index is 13.5. The zero-order valence-electron chi connectivity index (χ0n) is 20.6. The summed E-state index contributed by atoms with van der Waals surface area (Å²) in [7, 11) is -5.77. The molecule has 14 heteroatoms. The molecule has 4 rings (SSSR count). The Bertz CT molecular complexity index is 1460. The van der Waals surface area contributed by atoms with E-state index in [-0.39, 0.29) is 40.1 Å². The minimum absolute atomic E-state index is 0.0208. The van der Waals surface area contributed by atoms with Gasteiger partial charge in [-0.25, -0.2) is 9.78 Å². The number of carbonyl (C=O) groups excluding carboxylic acids is 1. The first-order chi connectivity index (χ1) is 17.7. The van der Waals surface area contributed by atoms with Gasteiger partial charge in [-0.3, -0.25) is 9.29 Å². The predicted octanol–water partition coefficient (Wildman–Crippen LogP) is 5.93. The second-order valence-corrected chi connectivity index (χ2v) is 12.6. The standard InChI is InChI=1S/C24H24ClF3N4O4S2/c1-23(2,3)20-12-15(6-7-29-20)21-30-19(14-37-21)17-5-4-16(13-18(17)25)32(38(34,35)24(26,27)28)9-8-31-10-11-36-22(31)33/h4-7,12-14H,8-11H2,1-3H3. The Morgan fingerprint density at radius 1 is 1.18 bits per heavy atom. The van der Waals surface area contributed by atoms with Crippen molar-refractivity contribution in [1.29, 1.82) is 0 Å². The molecule has 1 aliphatic heterocycles. The van der Waals surface area contributed by atoms with Gasteiger partial charge in [-0.2, -0.15) is 21.6 Å². The van der Waals surface area contributed by atoms with Crippen LogP contribution in [0.25, 0.3) is 21.8 Å². The number of pyridine rings is 1. The highest BCUT2D eigenvalue weighted by molar-refractivity contribution is 7.93. The number of cyclic esters (lactones) is 1. The van der Waals surface area contributed by atoms with Gasteiger partial charge in [0.2, 0.25) is 0 Å². The summed E-state index contributed by atoms with van der Waals surface area (Å²) in [5.41, 5.74) is -3.34. The van der Waals surface area contributed by atoms with Crippen molar-refractivity contribution in [2.45, 2.75) is 31.7 Å². The Morgan fingerprint density at radius 3 is 2.53 bits per heavy atom. The zero-order chi connectivity index (χ0) is 27.9. The lowest BCUT2D eigenvalue weighted by Crippen LogP contribution is -2.45. The third-order valence-corrected chi connectivity index (χ3v) is 8.56. The molecule has 204 valence electrons. The number of hydrogen-bond acceptors (Lipinski definition) is 7. The summed E-state index contributed by atoms with van der Waals surface area (Å²) in [5, 5.41) is 2.48. The van der Waals surface area contributed by atoms with Gasteiger partial charge >= 0.3 is 21.6 Å². The molecule has 0 saturated carbocycles. The fraction of sp³-hybridized carbons (Fsp3) is 0.375. The van der Waals surface area contributed by atoms with Crippen molar-refractivity contribution in [2.75, 3.05) is 30.5 Å². The van der Waals surface area contributed by atoms with Gasteiger partial charge in [-0.15, -0.1) is 11.3 Å². The van der Waals surface area contributed by atoms with Crippen LogP contribution in [0.5, 0.6) is 0 Å². The number of anilines is 1. The van der Waals surface area contributed by atoms with Crippen molar-refractivity contribution in [3.05, 3.63) is 52.6 Å². The summed E-state index contributed by atoms with van der Waals surface area (Å²) < 4.78 is 70.1. The lowest BCUT2D eigenvalue weighted by atomic mass is 9.91. The van der Waals surface area contributed by atoms with Crippen LogP contribution >= 0.6 is 22.9 Å².